The molecule has 1 aromatic heterocycles. The monoisotopic (exact) mass is 451 g/mol. The number of ether oxygens (including phenoxy) is 1. The summed E-state index contributed by atoms with van der Waals surface area (Å²) in [6.45, 7) is 2.57. The SMILES string of the molecule is C[C@@H](OC(=O)C1CCN(c2ccc(C(N)=O)cn2)CC1)C(=O)N1CC(=O)Nc2ccccc21. The number of anilines is 3. The first-order chi connectivity index (χ1) is 15.8. The number of hydrogen-bond acceptors (Lipinski definition) is 7. The van der Waals surface area contributed by atoms with Gasteiger partial charge in [0.05, 0.1) is 22.9 Å². The molecule has 0 spiro atoms. The molecule has 0 unspecified atom stereocenters. The van der Waals surface area contributed by atoms with Gasteiger partial charge in [0.1, 0.15) is 12.4 Å². The number of nitrogens with two attached hydrogens (primary N) is 1. The van der Waals surface area contributed by atoms with Gasteiger partial charge in [-0.2, -0.15) is 0 Å². The van der Waals surface area contributed by atoms with Crippen molar-refractivity contribution >= 4 is 40.9 Å². The van der Waals surface area contributed by atoms with Gasteiger partial charge in [-0.3, -0.25) is 24.1 Å². The fourth-order valence-corrected chi connectivity index (χ4v) is 4.03. The zero-order chi connectivity index (χ0) is 23.5. The number of nitrogens with zero attached hydrogens (tertiary/aromatic N) is 3. The number of fused-ring (bicyclic) bond motifs is 1. The minimum absolute atomic E-state index is 0.127. The topological polar surface area (TPSA) is 135 Å². The van der Waals surface area contributed by atoms with Crippen LogP contribution in [0.4, 0.5) is 17.2 Å². The van der Waals surface area contributed by atoms with Crippen molar-refractivity contribution in [2.75, 3.05) is 34.8 Å². The maximum atomic E-state index is 13.0. The molecule has 33 heavy (non-hydrogen) atoms. The van der Waals surface area contributed by atoms with Crippen molar-refractivity contribution in [3.63, 3.8) is 0 Å². The van der Waals surface area contributed by atoms with Crippen LogP contribution in [0.3, 0.4) is 0 Å². The Morgan fingerprint density at radius 3 is 2.55 bits per heavy atom. The summed E-state index contributed by atoms with van der Waals surface area (Å²) in [5.74, 6) is -1.34. The van der Waals surface area contributed by atoms with Crippen molar-refractivity contribution in [3.05, 3.63) is 48.2 Å². The lowest BCUT2D eigenvalue weighted by atomic mass is 9.97. The first-order valence-corrected chi connectivity index (χ1v) is 10.7. The molecule has 0 radical (unpaired) electrons. The number of pyridine rings is 1. The van der Waals surface area contributed by atoms with Crippen LogP contribution in [0.1, 0.15) is 30.1 Å². The van der Waals surface area contributed by atoms with E-state index in [2.05, 4.69) is 10.3 Å². The second-order valence-electron chi connectivity index (χ2n) is 8.10. The summed E-state index contributed by atoms with van der Waals surface area (Å²) in [5, 5.41) is 2.73. The van der Waals surface area contributed by atoms with Crippen LogP contribution in [0, 0.1) is 5.92 Å². The number of para-hydroxylation sites is 2. The number of nitrogens with one attached hydrogen (secondary N) is 1. The largest absolute Gasteiger partial charge is 0.452 e. The van der Waals surface area contributed by atoms with Crippen LogP contribution in [0.25, 0.3) is 0 Å². The molecule has 3 N–H and O–H groups in total. The van der Waals surface area contributed by atoms with E-state index in [-0.39, 0.29) is 18.4 Å². The smallest absolute Gasteiger partial charge is 0.309 e. The standard InChI is InChI=1S/C23H25N5O5/c1-14(22(31)28-13-20(29)26-17-4-2-3-5-18(17)28)33-23(32)15-8-10-27(11-9-15)19-7-6-16(12-25-19)21(24)30/h2-7,12,14-15H,8-11,13H2,1H3,(H2,24,30)(H,26,29)/t14-/m1/s1. The molecule has 172 valence electrons. The van der Waals surface area contributed by atoms with Gasteiger partial charge in [-0.05, 0) is 44.0 Å². The summed E-state index contributed by atoms with van der Waals surface area (Å²) < 4.78 is 5.49. The average Bonchev–Trinajstić information content (AvgIpc) is 2.83. The quantitative estimate of drug-likeness (QED) is 0.655. The molecular weight excluding hydrogens is 426 g/mol. The van der Waals surface area contributed by atoms with Gasteiger partial charge in [-0.25, -0.2) is 4.98 Å². The van der Waals surface area contributed by atoms with Gasteiger partial charge in [0.2, 0.25) is 11.8 Å². The molecule has 0 aliphatic carbocycles. The molecule has 3 heterocycles. The molecule has 10 heteroatoms. The lowest BCUT2D eigenvalue weighted by molar-refractivity contribution is -0.158. The van der Waals surface area contributed by atoms with Crippen molar-refractivity contribution in [2.45, 2.75) is 25.9 Å². The van der Waals surface area contributed by atoms with Crippen molar-refractivity contribution in [3.8, 4) is 0 Å². The highest BCUT2D eigenvalue weighted by Crippen LogP contribution is 2.30. The molecule has 1 fully saturated rings. The number of esters is 1. The third-order valence-corrected chi connectivity index (χ3v) is 5.86. The molecular formula is C23H25N5O5. The first kappa shape index (κ1) is 22.3. The van der Waals surface area contributed by atoms with Crippen LogP contribution in [0.5, 0.6) is 0 Å². The molecule has 2 aromatic rings. The number of aromatic nitrogens is 1. The van der Waals surface area contributed by atoms with Crippen LogP contribution in [0.2, 0.25) is 0 Å². The van der Waals surface area contributed by atoms with Gasteiger partial charge in [0, 0.05) is 19.3 Å². The maximum Gasteiger partial charge on any atom is 0.309 e. The minimum atomic E-state index is -1.02. The average molecular weight is 451 g/mol. The van der Waals surface area contributed by atoms with Crippen LogP contribution in [-0.4, -0.2) is 54.4 Å². The summed E-state index contributed by atoms with van der Waals surface area (Å²) >= 11 is 0. The second kappa shape index (κ2) is 9.27. The molecule has 0 saturated carbocycles. The predicted molar refractivity (Wildman–Crippen MR) is 121 cm³/mol. The number of benzene rings is 1. The van der Waals surface area contributed by atoms with E-state index in [0.29, 0.717) is 48.7 Å². The first-order valence-electron chi connectivity index (χ1n) is 10.7. The molecule has 2 aliphatic heterocycles. The maximum absolute atomic E-state index is 13.0. The Kier molecular flexibility index (Phi) is 6.25. The highest BCUT2D eigenvalue weighted by Gasteiger charge is 2.34. The van der Waals surface area contributed by atoms with Crippen molar-refractivity contribution in [2.24, 2.45) is 11.7 Å². The molecule has 4 rings (SSSR count). The Balaban J connectivity index is 1.33. The fourth-order valence-electron chi connectivity index (χ4n) is 4.03. The third kappa shape index (κ3) is 4.79. The van der Waals surface area contributed by atoms with Crippen molar-refractivity contribution in [1.82, 2.24) is 4.98 Å². The van der Waals surface area contributed by atoms with E-state index in [9.17, 15) is 19.2 Å². The van der Waals surface area contributed by atoms with Gasteiger partial charge < -0.3 is 20.7 Å². The zero-order valence-electron chi connectivity index (χ0n) is 18.2. The Bertz CT molecular complexity index is 1080. The fraction of sp³-hybridized carbons (Fsp3) is 0.348. The summed E-state index contributed by atoms with van der Waals surface area (Å²) in [7, 11) is 0. The van der Waals surface area contributed by atoms with E-state index < -0.39 is 23.9 Å². The highest BCUT2D eigenvalue weighted by molar-refractivity contribution is 6.11. The molecule has 1 aromatic carbocycles. The van der Waals surface area contributed by atoms with E-state index in [4.69, 9.17) is 10.5 Å². The van der Waals surface area contributed by atoms with Crippen LogP contribution in [-0.2, 0) is 19.1 Å². The Morgan fingerprint density at radius 2 is 1.88 bits per heavy atom. The molecule has 10 nitrogen and oxygen atoms in total. The number of primary amides is 1. The second-order valence-corrected chi connectivity index (χ2v) is 8.10. The lowest BCUT2D eigenvalue weighted by Gasteiger charge is -2.33. The zero-order valence-corrected chi connectivity index (χ0v) is 18.2. The van der Waals surface area contributed by atoms with E-state index in [0.717, 1.165) is 0 Å². The molecule has 0 bridgehead atoms. The van der Waals surface area contributed by atoms with Crippen molar-refractivity contribution < 1.29 is 23.9 Å². The third-order valence-electron chi connectivity index (χ3n) is 5.86. The lowest BCUT2D eigenvalue weighted by Crippen LogP contribution is -2.47. The molecule has 2 aliphatic rings. The van der Waals surface area contributed by atoms with E-state index in [1.54, 1.807) is 36.4 Å². The van der Waals surface area contributed by atoms with Crippen LogP contribution in [0.15, 0.2) is 42.6 Å². The number of carbonyl (C=O) groups is 4. The predicted octanol–water partition coefficient (Wildman–Crippen LogP) is 1.31. The Hall–Kier alpha value is -3.95. The Morgan fingerprint density at radius 1 is 1.15 bits per heavy atom. The molecule has 1 atom stereocenters. The minimum Gasteiger partial charge on any atom is -0.452 e. The van der Waals surface area contributed by atoms with Gasteiger partial charge in [0.25, 0.3) is 5.91 Å². The van der Waals surface area contributed by atoms with Crippen LogP contribution >= 0.6 is 0 Å². The summed E-state index contributed by atoms with van der Waals surface area (Å²) in [6.07, 6.45) is 1.52. The van der Waals surface area contributed by atoms with E-state index in [1.807, 2.05) is 4.90 Å². The summed E-state index contributed by atoms with van der Waals surface area (Å²) in [4.78, 5) is 56.5. The molecule has 1 saturated heterocycles. The molecule has 3 amide bonds. The summed E-state index contributed by atoms with van der Waals surface area (Å²) in [6, 6.07) is 10.3. The highest BCUT2D eigenvalue weighted by atomic mass is 16.5. The van der Waals surface area contributed by atoms with Gasteiger partial charge >= 0.3 is 5.97 Å². The Labute approximate surface area is 190 Å². The van der Waals surface area contributed by atoms with E-state index >= 15 is 0 Å². The van der Waals surface area contributed by atoms with Crippen molar-refractivity contribution in [1.29, 1.82) is 0 Å². The number of carbonyl (C=O) groups excluding carboxylic acids is 4. The number of hydrogen-bond donors (Lipinski definition) is 2. The van der Waals surface area contributed by atoms with E-state index in [1.165, 1.54) is 18.0 Å². The van der Waals surface area contributed by atoms with Gasteiger partial charge in [-0.1, -0.05) is 12.1 Å². The van der Waals surface area contributed by atoms with Gasteiger partial charge in [-0.15, -0.1) is 0 Å². The normalized spacial score (nSPS) is 17.1. The number of piperidine rings is 1. The number of amides is 3. The summed E-state index contributed by atoms with van der Waals surface area (Å²) in [5.41, 5.74) is 6.70. The van der Waals surface area contributed by atoms with Gasteiger partial charge in [0.15, 0.2) is 6.10 Å². The number of rotatable bonds is 5. The van der Waals surface area contributed by atoms with Crippen LogP contribution < -0.4 is 20.9 Å².